The van der Waals surface area contributed by atoms with E-state index in [1.165, 1.54) is 5.57 Å². The van der Waals surface area contributed by atoms with E-state index in [1.54, 1.807) is 13.8 Å². The van der Waals surface area contributed by atoms with E-state index in [-0.39, 0.29) is 40.1 Å². The molecule has 0 amide bonds. The first-order chi connectivity index (χ1) is 30.8. The van der Waals surface area contributed by atoms with E-state index >= 15 is 0 Å². The van der Waals surface area contributed by atoms with E-state index < -0.39 is 128 Å². The highest BCUT2D eigenvalue weighted by Crippen LogP contribution is 2.76. The Balaban J connectivity index is 0.976. The van der Waals surface area contributed by atoms with Crippen molar-refractivity contribution in [1.82, 2.24) is 0 Å². The summed E-state index contributed by atoms with van der Waals surface area (Å²) >= 11 is 0. The maximum absolute atomic E-state index is 15.0. The van der Waals surface area contributed by atoms with Crippen LogP contribution in [0, 0.1) is 56.2 Å². The molecule has 0 spiro atoms. The minimum absolute atomic E-state index is 0.0544. The molecule has 0 aromatic heterocycles. The van der Waals surface area contributed by atoms with Crippen LogP contribution in [0.1, 0.15) is 120 Å². The molecule has 66 heavy (non-hydrogen) atoms. The van der Waals surface area contributed by atoms with Gasteiger partial charge in [-0.3, -0.25) is 4.79 Å². The molecule has 24 atom stereocenters. The third-order valence-electron chi connectivity index (χ3n) is 19.8. The SMILES string of the molecule is C[C@@H]1[C@@H](O)[C@@H](O)[C@H](O[C@H]2[C@H](O)[C@@H](O)[C@H](OC[C@H]3O[C@@H](OC(=O)[C@]45CCC(C)(C)C[C@H]4C4=CC[C@@H]6[C@@]7(C)CC[C@H](O)[C@@](C)(CO)[C@@H]7CC[C@@]6(C)[C@]4(C)CC5)[C@H](O)[C@@H](O)[C@@H]3O)O[C@@H]2CO)O[C@H]1C. The monoisotopic (exact) mass is 941 g/mol. The van der Waals surface area contributed by atoms with Gasteiger partial charge in [0.1, 0.15) is 54.9 Å². The smallest absolute Gasteiger partial charge is 0.315 e. The van der Waals surface area contributed by atoms with E-state index in [0.717, 1.165) is 44.9 Å². The molecule has 17 heteroatoms. The summed E-state index contributed by atoms with van der Waals surface area (Å²) in [6, 6.07) is 0. The van der Waals surface area contributed by atoms with E-state index in [9.17, 15) is 55.9 Å². The molecule has 3 heterocycles. The molecular formula is C49H80O17. The Hall–Kier alpha value is -1.39. The van der Waals surface area contributed by atoms with Crippen LogP contribution in [0.2, 0.25) is 0 Å². The predicted molar refractivity (Wildman–Crippen MR) is 233 cm³/mol. The average Bonchev–Trinajstić information content (AvgIpc) is 3.27. The fraction of sp³-hybridized carbons (Fsp3) is 0.939. The van der Waals surface area contributed by atoms with Crippen LogP contribution in [0.5, 0.6) is 0 Å². The lowest BCUT2D eigenvalue weighted by Crippen LogP contribution is -2.66. The molecule has 3 saturated heterocycles. The summed E-state index contributed by atoms with van der Waals surface area (Å²) in [5.41, 5.74) is -0.776. The van der Waals surface area contributed by atoms with Gasteiger partial charge in [0.2, 0.25) is 6.29 Å². The van der Waals surface area contributed by atoms with Crippen molar-refractivity contribution in [2.75, 3.05) is 19.8 Å². The topological polar surface area (TPSA) is 275 Å². The Bertz CT molecular complexity index is 1800. The van der Waals surface area contributed by atoms with Crippen molar-refractivity contribution in [1.29, 1.82) is 0 Å². The van der Waals surface area contributed by atoms with Gasteiger partial charge in [-0.15, -0.1) is 0 Å². The second-order valence-corrected chi connectivity index (χ2v) is 23.7. The maximum atomic E-state index is 15.0. The number of allylic oxidation sites excluding steroid dienone is 2. The third-order valence-corrected chi connectivity index (χ3v) is 19.8. The highest BCUT2D eigenvalue weighted by molar-refractivity contribution is 5.79. The number of hydrogen-bond donors (Lipinski definition) is 10. The number of esters is 1. The Morgan fingerprint density at radius 3 is 2.03 bits per heavy atom. The van der Waals surface area contributed by atoms with Crippen molar-refractivity contribution >= 4 is 5.97 Å². The molecule has 4 saturated carbocycles. The quantitative estimate of drug-likeness (QED) is 0.116. The molecule has 0 aromatic rings. The highest BCUT2D eigenvalue weighted by atomic mass is 16.8. The van der Waals surface area contributed by atoms with E-state index in [1.807, 2.05) is 0 Å². The maximum Gasteiger partial charge on any atom is 0.315 e. The molecule has 378 valence electrons. The normalized spacial score (nSPS) is 54.8. The first-order valence-corrected chi connectivity index (χ1v) is 24.7. The van der Waals surface area contributed by atoms with Gasteiger partial charge in [0.05, 0.1) is 43.5 Å². The fourth-order valence-electron chi connectivity index (χ4n) is 15.0. The van der Waals surface area contributed by atoms with Crippen LogP contribution in [0.3, 0.4) is 0 Å². The molecule has 8 aliphatic rings. The van der Waals surface area contributed by atoms with Crippen LogP contribution in [0.25, 0.3) is 0 Å². The zero-order valence-electron chi connectivity index (χ0n) is 40.1. The first kappa shape index (κ1) is 51.0. The third kappa shape index (κ3) is 7.88. The zero-order chi connectivity index (χ0) is 48.3. The van der Waals surface area contributed by atoms with Crippen LogP contribution >= 0.6 is 0 Å². The minimum atomic E-state index is -1.82. The van der Waals surface area contributed by atoms with Gasteiger partial charge < -0.3 is 79.5 Å². The number of carbonyl (C=O) groups is 1. The highest BCUT2D eigenvalue weighted by Gasteiger charge is 2.70. The van der Waals surface area contributed by atoms with E-state index in [2.05, 4.69) is 47.6 Å². The van der Waals surface area contributed by atoms with Gasteiger partial charge in [-0.25, -0.2) is 0 Å². The number of ether oxygens (including phenoxy) is 6. The second-order valence-electron chi connectivity index (χ2n) is 23.7. The van der Waals surface area contributed by atoms with Crippen molar-refractivity contribution in [3.8, 4) is 0 Å². The summed E-state index contributed by atoms with van der Waals surface area (Å²) in [5, 5.41) is 109. The predicted octanol–water partition coefficient (Wildman–Crippen LogP) is 1.42. The number of aliphatic hydroxyl groups is 10. The number of fused-ring (bicyclic) bond motifs is 7. The van der Waals surface area contributed by atoms with Crippen molar-refractivity contribution in [2.45, 2.75) is 212 Å². The Kier molecular flexibility index (Phi) is 13.9. The van der Waals surface area contributed by atoms with Crippen molar-refractivity contribution in [3.05, 3.63) is 11.6 Å². The van der Waals surface area contributed by atoms with Crippen LogP contribution in [0.4, 0.5) is 0 Å². The zero-order valence-corrected chi connectivity index (χ0v) is 40.1. The van der Waals surface area contributed by atoms with Gasteiger partial charge in [0.15, 0.2) is 12.6 Å². The number of carbonyl (C=O) groups excluding carboxylic acids is 1. The van der Waals surface area contributed by atoms with Gasteiger partial charge in [-0.2, -0.15) is 0 Å². The van der Waals surface area contributed by atoms with Gasteiger partial charge in [0.25, 0.3) is 0 Å². The summed E-state index contributed by atoms with van der Waals surface area (Å²) < 4.78 is 35.2. The summed E-state index contributed by atoms with van der Waals surface area (Å²) in [6.45, 7) is 15.7. The van der Waals surface area contributed by atoms with Gasteiger partial charge in [0, 0.05) is 11.3 Å². The molecule has 5 aliphatic carbocycles. The van der Waals surface area contributed by atoms with Crippen LogP contribution in [-0.4, -0.2) is 169 Å². The minimum Gasteiger partial charge on any atom is -0.432 e. The molecule has 10 N–H and O–H groups in total. The van der Waals surface area contributed by atoms with Crippen LogP contribution in [-0.2, 0) is 33.2 Å². The lowest BCUT2D eigenvalue weighted by Gasteiger charge is -2.71. The van der Waals surface area contributed by atoms with Crippen LogP contribution in [0.15, 0.2) is 11.6 Å². The number of rotatable bonds is 9. The molecule has 17 nitrogen and oxygen atoms in total. The summed E-state index contributed by atoms with van der Waals surface area (Å²) in [6.07, 6.45) is -11.7. The molecule has 0 unspecified atom stereocenters. The molecule has 3 aliphatic heterocycles. The van der Waals surface area contributed by atoms with Crippen molar-refractivity contribution < 1.29 is 84.3 Å². The molecular weight excluding hydrogens is 861 g/mol. The van der Waals surface area contributed by atoms with Gasteiger partial charge >= 0.3 is 5.97 Å². The molecule has 0 bridgehead atoms. The summed E-state index contributed by atoms with van der Waals surface area (Å²) in [7, 11) is 0. The fourth-order valence-corrected chi connectivity index (χ4v) is 15.0. The van der Waals surface area contributed by atoms with Gasteiger partial charge in [-0.05, 0) is 111 Å². The van der Waals surface area contributed by atoms with Crippen molar-refractivity contribution in [2.24, 2.45) is 56.2 Å². The Labute approximate surface area is 388 Å². The van der Waals surface area contributed by atoms with Crippen molar-refractivity contribution in [3.63, 3.8) is 0 Å². The standard InChI is InChI=1S/C49H80O17/c1-23-24(2)62-41(36(57)32(23)53)65-39-27(20-50)63-40(38(59)35(39)56)61-21-28-33(54)34(55)37(58)42(64-28)66-43(60)49-17-15-44(3,4)19-26(49)25-9-10-30-45(5)13-12-31(52)46(6,22-51)29(45)11-14-48(30,8)47(25,7)16-18-49/h9,23-24,26-42,50-59H,10-22H2,1-8H3/t23-,24-,26-,27+,28+,29+,30+,31-,32+,33+,34-,35+,36+,37+,38+,39+,40+,41-,42-,45-,46-,47+,48+,49-/m0/s1. The summed E-state index contributed by atoms with van der Waals surface area (Å²) in [4.78, 5) is 15.0. The lowest BCUT2D eigenvalue weighted by atomic mass is 9.33. The van der Waals surface area contributed by atoms with Crippen LogP contribution < -0.4 is 0 Å². The largest absolute Gasteiger partial charge is 0.432 e. The van der Waals surface area contributed by atoms with E-state index in [4.69, 9.17) is 28.4 Å². The Morgan fingerprint density at radius 2 is 1.35 bits per heavy atom. The average molecular weight is 941 g/mol. The van der Waals surface area contributed by atoms with Gasteiger partial charge in [-0.1, -0.05) is 60.1 Å². The second kappa shape index (κ2) is 18.0. The molecule has 7 fully saturated rings. The Morgan fingerprint density at radius 1 is 0.697 bits per heavy atom. The summed E-state index contributed by atoms with van der Waals surface area (Å²) in [5.74, 6) is -0.660. The van der Waals surface area contributed by atoms with E-state index in [0.29, 0.717) is 25.2 Å². The first-order valence-electron chi connectivity index (χ1n) is 24.7. The number of hydrogen-bond acceptors (Lipinski definition) is 17. The molecule has 8 rings (SSSR count). The molecule has 0 aromatic carbocycles. The lowest BCUT2D eigenvalue weighted by molar-refractivity contribution is -0.359. The number of aliphatic hydroxyl groups excluding tert-OH is 10. The molecule has 0 radical (unpaired) electrons.